The van der Waals surface area contributed by atoms with Crippen LogP contribution in [0.4, 0.5) is 0 Å². The van der Waals surface area contributed by atoms with Crippen molar-refractivity contribution in [1.82, 2.24) is 0 Å². The van der Waals surface area contributed by atoms with Gasteiger partial charge in [-0.05, 0) is 31.4 Å². The molecule has 0 N–H and O–H groups in total. The summed E-state index contributed by atoms with van der Waals surface area (Å²) in [7, 11) is 0. The van der Waals surface area contributed by atoms with Gasteiger partial charge in [-0.25, -0.2) is 0 Å². The normalized spacial score (nSPS) is 15.0. The SMILES string of the molecule is CCOC(=O)C(CC(C=O)C(C)CC)Sc1ccccc1. The number of hydrogen-bond donors (Lipinski definition) is 0. The third-order valence-electron chi connectivity index (χ3n) is 3.61. The highest BCUT2D eigenvalue weighted by atomic mass is 32.2. The van der Waals surface area contributed by atoms with Gasteiger partial charge in [-0.15, -0.1) is 11.8 Å². The Bertz CT molecular complexity index is 433. The predicted octanol–water partition coefficient (Wildman–Crippen LogP) is 3.96. The molecule has 116 valence electrons. The van der Waals surface area contributed by atoms with Crippen molar-refractivity contribution in [3.8, 4) is 0 Å². The molecule has 3 nitrogen and oxygen atoms in total. The molecule has 1 aromatic rings. The second kappa shape index (κ2) is 9.61. The fraction of sp³-hybridized carbons (Fsp3) is 0.529. The first-order chi connectivity index (χ1) is 10.1. The molecule has 1 rings (SSSR count). The van der Waals surface area contributed by atoms with Crippen molar-refractivity contribution in [2.24, 2.45) is 11.8 Å². The maximum absolute atomic E-state index is 12.2. The smallest absolute Gasteiger partial charge is 0.319 e. The number of benzene rings is 1. The first kappa shape index (κ1) is 17.8. The summed E-state index contributed by atoms with van der Waals surface area (Å²) < 4.78 is 5.16. The number of aldehydes is 1. The van der Waals surface area contributed by atoms with Crippen molar-refractivity contribution in [3.05, 3.63) is 30.3 Å². The molecule has 0 heterocycles. The Morgan fingerprint density at radius 2 is 1.95 bits per heavy atom. The lowest BCUT2D eigenvalue weighted by atomic mass is 9.89. The first-order valence-electron chi connectivity index (χ1n) is 7.45. The molecule has 0 fully saturated rings. The van der Waals surface area contributed by atoms with Crippen LogP contribution in [0.5, 0.6) is 0 Å². The van der Waals surface area contributed by atoms with Crippen LogP contribution in [0.1, 0.15) is 33.6 Å². The van der Waals surface area contributed by atoms with Gasteiger partial charge in [0.25, 0.3) is 0 Å². The van der Waals surface area contributed by atoms with E-state index in [0.29, 0.717) is 13.0 Å². The molecule has 0 saturated heterocycles. The molecular weight excluding hydrogens is 284 g/mol. The highest BCUT2D eigenvalue weighted by Crippen LogP contribution is 2.31. The summed E-state index contributed by atoms with van der Waals surface area (Å²) in [6.45, 7) is 6.27. The van der Waals surface area contributed by atoms with Crippen LogP contribution in [-0.2, 0) is 14.3 Å². The third-order valence-corrected chi connectivity index (χ3v) is 4.82. The number of ether oxygens (including phenoxy) is 1. The minimum atomic E-state index is -0.337. The summed E-state index contributed by atoms with van der Waals surface area (Å²) in [6.07, 6.45) is 2.43. The lowest BCUT2D eigenvalue weighted by Crippen LogP contribution is -2.26. The van der Waals surface area contributed by atoms with E-state index in [1.165, 1.54) is 11.8 Å². The quantitative estimate of drug-likeness (QED) is 0.393. The average Bonchev–Trinajstić information content (AvgIpc) is 2.51. The van der Waals surface area contributed by atoms with Crippen LogP contribution in [0.2, 0.25) is 0 Å². The number of thioether (sulfide) groups is 1. The monoisotopic (exact) mass is 308 g/mol. The van der Waals surface area contributed by atoms with Crippen LogP contribution in [0.3, 0.4) is 0 Å². The van der Waals surface area contributed by atoms with Crippen molar-refractivity contribution in [1.29, 1.82) is 0 Å². The van der Waals surface area contributed by atoms with E-state index in [2.05, 4.69) is 13.8 Å². The van der Waals surface area contributed by atoms with Gasteiger partial charge in [0.15, 0.2) is 0 Å². The standard InChI is InChI=1S/C17H24O3S/c1-4-13(3)14(12-18)11-16(17(19)20-5-2)21-15-9-7-6-8-10-15/h6-10,12-14,16H,4-5,11H2,1-3H3. The maximum Gasteiger partial charge on any atom is 0.319 e. The summed E-state index contributed by atoms with van der Waals surface area (Å²) in [5.74, 6) is -0.0714. The van der Waals surface area contributed by atoms with Crippen molar-refractivity contribution in [3.63, 3.8) is 0 Å². The van der Waals surface area contributed by atoms with Crippen LogP contribution in [0.15, 0.2) is 35.2 Å². The molecule has 0 amide bonds. The first-order valence-corrected chi connectivity index (χ1v) is 8.33. The molecule has 0 aliphatic rings. The largest absolute Gasteiger partial charge is 0.465 e. The molecule has 4 heteroatoms. The second-order valence-corrected chi connectivity index (χ2v) is 6.37. The zero-order valence-electron chi connectivity index (χ0n) is 13.0. The van der Waals surface area contributed by atoms with Crippen LogP contribution < -0.4 is 0 Å². The zero-order valence-corrected chi connectivity index (χ0v) is 13.8. The van der Waals surface area contributed by atoms with Crippen LogP contribution in [-0.4, -0.2) is 24.1 Å². The van der Waals surface area contributed by atoms with E-state index in [9.17, 15) is 9.59 Å². The molecule has 0 spiro atoms. The van der Waals surface area contributed by atoms with Crippen molar-refractivity contribution < 1.29 is 14.3 Å². The molecule has 1 aromatic carbocycles. The summed E-state index contributed by atoms with van der Waals surface area (Å²) in [5, 5.41) is -0.337. The summed E-state index contributed by atoms with van der Waals surface area (Å²) >= 11 is 1.47. The third kappa shape index (κ3) is 5.92. The van der Waals surface area contributed by atoms with E-state index in [4.69, 9.17) is 4.74 Å². The van der Waals surface area contributed by atoms with Gasteiger partial charge in [-0.1, -0.05) is 38.5 Å². The van der Waals surface area contributed by atoms with E-state index in [-0.39, 0.29) is 23.1 Å². The zero-order chi connectivity index (χ0) is 15.7. The van der Waals surface area contributed by atoms with Gasteiger partial charge in [0, 0.05) is 10.8 Å². The lowest BCUT2D eigenvalue weighted by Gasteiger charge is -2.22. The lowest BCUT2D eigenvalue weighted by molar-refractivity contribution is -0.142. The van der Waals surface area contributed by atoms with Crippen molar-refractivity contribution in [2.45, 2.75) is 43.8 Å². The highest BCUT2D eigenvalue weighted by Gasteiger charge is 2.27. The Morgan fingerprint density at radius 3 is 2.48 bits per heavy atom. The molecule has 0 radical (unpaired) electrons. The minimum Gasteiger partial charge on any atom is -0.465 e. The van der Waals surface area contributed by atoms with E-state index >= 15 is 0 Å². The minimum absolute atomic E-state index is 0.111. The number of carbonyl (C=O) groups is 2. The number of carbonyl (C=O) groups excluding carboxylic acids is 2. The predicted molar refractivity (Wildman–Crippen MR) is 86.3 cm³/mol. The molecule has 0 aliphatic carbocycles. The van der Waals surface area contributed by atoms with Gasteiger partial charge in [-0.2, -0.15) is 0 Å². The Labute approximate surface area is 131 Å². The van der Waals surface area contributed by atoms with Gasteiger partial charge >= 0.3 is 5.97 Å². The van der Waals surface area contributed by atoms with Crippen LogP contribution >= 0.6 is 11.8 Å². The average molecular weight is 308 g/mol. The molecule has 3 atom stereocenters. The molecule has 0 aliphatic heterocycles. The van der Waals surface area contributed by atoms with E-state index in [1.54, 1.807) is 6.92 Å². The Hall–Kier alpha value is -1.29. The fourth-order valence-corrected chi connectivity index (χ4v) is 3.19. The van der Waals surface area contributed by atoms with Gasteiger partial charge in [0.05, 0.1) is 6.61 Å². The molecule has 0 aromatic heterocycles. The summed E-state index contributed by atoms with van der Waals surface area (Å²) in [6, 6.07) is 9.76. The number of rotatable bonds is 9. The van der Waals surface area contributed by atoms with Gasteiger partial charge in [0.1, 0.15) is 11.5 Å². The summed E-state index contributed by atoms with van der Waals surface area (Å²) in [4.78, 5) is 24.5. The van der Waals surface area contributed by atoms with E-state index in [0.717, 1.165) is 17.6 Å². The Kier molecular flexibility index (Phi) is 8.13. The molecule has 3 unspecified atom stereocenters. The highest BCUT2D eigenvalue weighted by molar-refractivity contribution is 8.00. The van der Waals surface area contributed by atoms with Gasteiger partial charge < -0.3 is 9.53 Å². The van der Waals surface area contributed by atoms with Crippen molar-refractivity contribution >= 4 is 24.0 Å². The van der Waals surface area contributed by atoms with Crippen molar-refractivity contribution in [2.75, 3.05) is 6.61 Å². The molecule has 0 saturated carbocycles. The van der Waals surface area contributed by atoms with Gasteiger partial charge in [0.2, 0.25) is 0 Å². The number of esters is 1. The van der Waals surface area contributed by atoms with Crippen LogP contribution in [0.25, 0.3) is 0 Å². The fourth-order valence-electron chi connectivity index (χ4n) is 2.06. The number of hydrogen-bond acceptors (Lipinski definition) is 4. The Balaban J connectivity index is 2.81. The maximum atomic E-state index is 12.2. The van der Waals surface area contributed by atoms with E-state index < -0.39 is 0 Å². The summed E-state index contributed by atoms with van der Waals surface area (Å²) in [5.41, 5.74) is 0. The molecule has 0 bridgehead atoms. The van der Waals surface area contributed by atoms with Crippen LogP contribution in [0, 0.1) is 11.8 Å². The second-order valence-electron chi connectivity index (χ2n) is 5.09. The van der Waals surface area contributed by atoms with Gasteiger partial charge in [-0.3, -0.25) is 4.79 Å². The molecular formula is C17H24O3S. The Morgan fingerprint density at radius 1 is 1.29 bits per heavy atom. The molecule has 21 heavy (non-hydrogen) atoms. The van der Waals surface area contributed by atoms with E-state index in [1.807, 2.05) is 30.3 Å². The topological polar surface area (TPSA) is 43.4 Å².